The lowest BCUT2D eigenvalue weighted by Crippen LogP contribution is -2.00. The molecule has 0 amide bonds. The van der Waals surface area contributed by atoms with Crippen LogP contribution in [-0.2, 0) is 0 Å². The van der Waals surface area contributed by atoms with Crippen LogP contribution in [0.1, 0.15) is 0 Å². The first-order valence-electron chi connectivity index (χ1n) is 15.0. The van der Waals surface area contributed by atoms with Crippen molar-refractivity contribution in [2.45, 2.75) is 0 Å². The normalized spacial score (nSPS) is 11.6. The van der Waals surface area contributed by atoms with Crippen LogP contribution in [0.5, 0.6) is 0 Å². The smallest absolute Gasteiger partial charge is 0.164 e. The quantitative estimate of drug-likeness (QED) is 0.209. The molecule has 0 spiro atoms. The number of furan rings is 1. The van der Waals surface area contributed by atoms with Crippen LogP contribution in [0.2, 0.25) is 0 Å². The topological polar surface area (TPSA) is 51.8 Å². The van der Waals surface area contributed by atoms with Gasteiger partial charge in [0.25, 0.3) is 0 Å². The van der Waals surface area contributed by atoms with Crippen molar-refractivity contribution in [1.82, 2.24) is 15.0 Å². The van der Waals surface area contributed by atoms with Gasteiger partial charge >= 0.3 is 0 Å². The van der Waals surface area contributed by atoms with Gasteiger partial charge < -0.3 is 4.42 Å². The van der Waals surface area contributed by atoms with Crippen molar-refractivity contribution in [2.24, 2.45) is 0 Å². The molecule has 2 aromatic heterocycles. The number of hydrogen-bond acceptors (Lipinski definition) is 4. The molecular weight excluding hydrogens is 550 g/mol. The Hall–Kier alpha value is -6.13. The summed E-state index contributed by atoms with van der Waals surface area (Å²) in [7, 11) is 0. The minimum absolute atomic E-state index is 0.611. The van der Waals surface area contributed by atoms with Gasteiger partial charge in [-0.25, -0.2) is 15.0 Å². The van der Waals surface area contributed by atoms with Gasteiger partial charge in [-0.05, 0) is 50.9 Å². The summed E-state index contributed by atoms with van der Waals surface area (Å²) in [6.07, 6.45) is 0. The van der Waals surface area contributed by atoms with E-state index in [1.807, 2.05) is 60.7 Å². The van der Waals surface area contributed by atoms with E-state index in [2.05, 4.69) is 91.0 Å². The largest absolute Gasteiger partial charge is 0.456 e. The molecule has 0 unspecified atom stereocenters. The maximum Gasteiger partial charge on any atom is 0.164 e. The predicted molar refractivity (Wildman–Crippen MR) is 184 cm³/mol. The molecule has 0 saturated heterocycles. The van der Waals surface area contributed by atoms with E-state index in [0.717, 1.165) is 49.4 Å². The highest BCUT2D eigenvalue weighted by atomic mass is 16.3. The van der Waals surface area contributed by atoms with E-state index in [9.17, 15) is 0 Å². The van der Waals surface area contributed by atoms with Crippen LogP contribution >= 0.6 is 0 Å². The molecule has 0 bridgehead atoms. The molecule has 7 aromatic carbocycles. The maximum absolute atomic E-state index is 6.21. The van der Waals surface area contributed by atoms with Gasteiger partial charge in [-0.1, -0.05) is 133 Å². The second kappa shape index (κ2) is 10.2. The van der Waals surface area contributed by atoms with Gasteiger partial charge in [0.05, 0.1) is 0 Å². The second-order valence-corrected chi connectivity index (χ2v) is 11.2. The van der Waals surface area contributed by atoms with Crippen LogP contribution in [0.3, 0.4) is 0 Å². The van der Waals surface area contributed by atoms with Gasteiger partial charge in [0.2, 0.25) is 0 Å². The lowest BCUT2D eigenvalue weighted by molar-refractivity contribution is 0.669. The maximum atomic E-state index is 6.21. The molecule has 0 N–H and O–H groups in total. The van der Waals surface area contributed by atoms with E-state index >= 15 is 0 Å². The molecule has 2 heterocycles. The second-order valence-electron chi connectivity index (χ2n) is 11.2. The van der Waals surface area contributed by atoms with Gasteiger partial charge in [-0.15, -0.1) is 0 Å². The first-order valence-corrected chi connectivity index (χ1v) is 15.0. The Labute approximate surface area is 259 Å². The van der Waals surface area contributed by atoms with Gasteiger partial charge in [-0.3, -0.25) is 0 Å². The Morgan fingerprint density at radius 1 is 0.356 bits per heavy atom. The highest BCUT2D eigenvalue weighted by Crippen LogP contribution is 2.38. The summed E-state index contributed by atoms with van der Waals surface area (Å²) in [5, 5.41) is 6.73. The summed E-state index contributed by atoms with van der Waals surface area (Å²) >= 11 is 0. The van der Waals surface area contributed by atoms with E-state index in [4.69, 9.17) is 19.4 Å². The Morgan fingerprint density at radius 2 is 0.956 bits per heavy atom. The van der Waals surface area contributed by atoms with Gasteiger partial charge in [0.1, 0.15) is 11.2 Å². The number of benzene rings is 7. The molecule has 0 aliphatic rings. The zero-order chi connectivity index (χ0) is 29.7. The molecule has 4 nitrogen and oxygen atoms in total. The van der Waals surface area contributed by atoms with Crippen molar-refractivity contribution in [3.05, 3.63) is 152 Å². The standard InChI is InChI=1S/C41H25N3O/c1-2-12-27(13-3-1)39-42-40(44-41(43-39)35-20-10-22-37-38(35)34-17-6-7-21-36(34)45-37)33-19-9-15-28-25-29(23-24-32(28)33)31-18-8-14-26-11-4-5-16-30(26)31/h1-25H. The van der Waals surface area contributed by atoms with Gasteiger partial charge in [0.15, 0.2) is 17.5 Å². The Kier molecular flexibility index (Phi) is 5.78. The van der Waals surface area contributed by atoms with Crippen molar-refractivity contribution in [1.29, 1.82) is 0 Å². The number of nitrogens with zero attached hydrogens (tertiary/aromatic N) is 3. The van der Waals surface area contributed by atoms with E-state index in [-0.39, 0.29) is 0 Å². The van der Waals surface area contributed by atoms with Crippen LogP contribution in [0.25, 0.3) is 88.8 Å². The number of aromatic nitrogens is 3. The van der Waals surface area contributed by atoms with Crippen LogP contribution < -0.4 is 0 Å². The van der Waals surface area contributed by atoms with Crippen LogP contribution in [0.4, 0.5) is 0 Å². The average Bonchev–Trinajstić information content (AvgIpc) is 3.50. The van der Waals surface area contributed by atoms with Gasteiger partial charge in [-0.2, -0.15) is 0 Å². The van der Waals surface area contributed by atoms with Crippen molar-refractivity contribution < 1.29 is 4.42 Å². The third-order valence-corrected chi connectivity index (χ3v) is 8.53. The molecule has 0 atom stereocenters. The van der Waals surface area contributed by atoms with Gasteiger partial charge in [0, 0.05) is 27.5 Å². The van der Waals surface area contributed by atoms with Crippen molar-refractivity contribution in [3.63, 3.8) is 0 Å². The first kappa shape index (κ1) is 25.4. The highest BCUT2D eigenvalue weighted by Gasteiger charge is 2.18. The first-order chi connectivity index (χ1) is 22.3. The molecule has 0 aliphatic heterocycles. The van der Waals surface area contributed by atoms with Crippen molar-refractivity contribution in [3.8, 4) is 45.3 Å². The highest BCUT2D eigenvalue weighted by molar-refractivity contribution is 6.12. The fraction of sp³-hybridized carbons (Fsp3) is 0. The Morgan fingerprint density at radius 3 is 1.84 bits per heavy atom. The molecular formula is C41H25N3O. The van der Waals surface area contributed by atoms with Crippen LogP contribution in [-0.4, -0.2) is 15.0 Å². The molecule has 210 valence electrons. The van der Waals surface area contributed by atoms with E-state index < -0.39 is 0 Å². The zero-order valence-corrected chi connectivity index (χ0v) is 24.2. The van der Waals surface area contributed by atoms with E-state index in [1.54, 1.807) is 0 Å². The summed E-state index contributed by atoms with van der Waals surface area (Å²) in [5.74, 6) is 1.87. The Balaban J connectivity index is 1.26. The van der Waals surface area contributed by atoms with Crippen molar-refractivity contribution >= 4 is 43.5 Å². The van der Waals surface area contributed by atoms with Crippen molar-refractivity contribution in [2.75, 3.05) is 0 Å². The fourth-order valence-corrected chi connectivity index (χ4v) is 6.42. The summed E-state index contributed by atoms with van der Waals surface area (Å²) in [6, 6.07) is 52.3. The molecule has 0 fully saturated rings. The molecule has 9 rings (SSSR count). The summed E-state index contributed by atoms with van der Waals surface area (Å²) < 4.78 is 6.21. The summed E-state index contributed by atoms with van der Waals surface area (Å²) in [6.45, 7) is 0. The number of rotatable bonds is 4. The number of hydrogen-bond donors (Lipinski definition) is 0. The van der Waals surface area contributed by atoms with E-state index in [0.29, 0.717) is 17.5 Å². The minimum atomic E-state index is 0.611. The fourth-order valence-electron chi connectivity index (χ4n) is 6.42. The molecule has 4 heteroatoms. The van der Waals surface area contributed by atoms with Crippen LogP contribution in [0.15, 0.2) is 156 Å². The van der Waals surface area contributed by atoms with Crippen LogP contribution in [0, 0.1) is 0 Å². The zero-order valence-electron chi connectivity index (χ0n) is 24.2. The third-order valence-electron chi connectivity index (χ3n) is 8.53. The molecule has 45 heavy (non-hydrogen) atoms. The molecule has 9 aromatic rings. The minimum Gasteiger partial charge on any atom is -0.456 e. The predicted octanol–water partition coefficient (Wildman–Crippen LogP) is 10.7. The third kappa shape index (κ3) is 4.27. The molecule has 0 aliphatic carbocycles. The van der Waals surface area contributed by atoms with E-state index in [1.165, 1.54) is 21.9 Å². The lowest BCUT2D eigenvalue weighted by Gasteiger charge is -2.12. The number of fused-ring (bicyclic) bond motifs is 5. The Bertz CT molecular complexity index is 2540. The number of para-hydroxylation sites is 1. The lowest BCUT2D eigenvalue weighted by atomic mass is 9.95. The monoisotopic (exact) mass is 575 g/mol. The average molecular weight is 576 g/mol. The SMILES string of the molecule is c1ccc(-c2nc(-c3cccc4cc(-c5cccc6ccccc56)ccc34)nc(-c3cccc4oc5ccccc5c34)n2)cc1. The summed E-state index contributed by atoms with van der Waals surface area (Å²) in [4.78, 5) is 15.2. The molecule has 0 radical (unpaired) electrons. The summed E-state index contributed by atoms with van der Waals surface area (Å²) in [5.41, 5.74) is 6.85. The molecule has 0 saturated carbocycles.